The van der Waals surface area contributed by atoms with Crippen molar-refractivity contribution in [3.05, 3.63) is 29.8 Å². The van der Waals surface area contributed by atoms with E-state index < -0.39 is 0 Å². The number of ether oxygens (including phenoxy) is 1. The minimum absolute atomic E-state index is 0.249. The molecule has 114 valence electrons. The Morgan fingerprint density at radius 1 is 1.38 bits per heavy atom. The molecule has 2 aliphatic rings. The molecule has 21 heavy (non-hydrogen) atoms. The SMILES string of the molecule is COc1cccc(CC(=O)N2CCCC2C2CCCN2)c1. The summed E-state index contributed by atoms with van der Waals surface area (Å²) in [7, 11) is 1.66. The minimum Gasteiger partial charge on any atom is -0.497 e. The second-order valence-corrected chi connectivity index (χ2v) is 6.03. The zero-order chi connectivity index (χ0) is 14.7. The molecule has 3 rings (SSSR count). The molecule has 1 N–H and O–H groups in total. The second-order valence-electron chi connectivity index (χ2n) is 6.03. The number of likely N-dealkylation sites (tertiary alicyclic amines) is 1. The molecule has 2 unspecified atom stereocenters. The predicted molar refractivity (Wildman–Crippen MR) is 82.5 cm³/mol. The third-order valence-corrected chi connectivity index (χ3v) is 4.67. The lowest BCUT2D eigenvalue weighted by atomic mass is 10.0. The van der Waals surface area contributed by atoms with E-state index >= 15 is 0 Å². The van der Waals surface area contributed by atoms with E-state index in [1.807, 2.05) is 24.3 Å². The van der Waals surface area contributed by atoms with Gasteiger partial charge in [-0.25, -0.2) is 0 Å². The number of rotatable bonds is 4. The van der Waals surface area contributed by atoms with Crippen molar-refractivity contribution in [2.45, 2.75) is 44.2 Å². The quantitative estimate of drug-likeness (QED) is 0.921. The van der Waals surface area contributed by atoms with Crippen molar-refractivity contribution in [2.24, 2.45) is 0 Å². The van der Waals surface area contributed by atoms with E-state index in [1.54, 1.807) is 7.11 Å². The Balaban J connectivity index is 1.66. The van der Waals surface area contributed by atoms with Crippen molar-refractivity contribution in [1.82, 2.24) is 10.2 Å². The van der Waals surface area contributed by atoms with Gasteiger partial charge < -0.3 is 15.0 Å². The maximum absolute atomic E-state index is 12.6. The number of carbonyl (C=O) groups is 1. The first-order chi connectivity index (χ1) is 10.3. The van der Waals surface area contributed by atoms with Crippen LogP contribution in [-0.2, 0) is 11.2 Å². The summed E-state index contributed by atoms with van der Waals surface area (Å²) >= 11 is 0. The standard InChI is InChI=1S/C17H24N2O2/c1-21-14-6-2-5-13(11-14)12-17(20)19-10-4-8-16(19)15-7-3-9-18-15/h2,5-6,11,15-16,18H,3-4,7-10,12H2,1H3. The molecule has 4 nitrogen and oxygen atoms in total. The number of benzene rings is 1. The summed E-state index contributed by atoms with van der Waals surface area (Å²) in [4.78, 5) is 14.7. The van der Waals surface area contributed by atoms with Crippen LogP contribution in [0.4, 0.5) is 0 Å². The first-order valence-corrected chi connectivity index (χ1v) is 7.94. The number of carbonyl (C=O) groups excluding carboxylic acids is 1. The maximum atomic E-state index is 12.6. The molecular weight excluding hydrogens is 264 g/mol. The van der Waals surface area contributed by atoms with Crippen LogP contribution in [0.5, 0.6) is 5.75 Å². The zero-order valence-electron chi connectivity index (χ0n) is 12.7. The van der Waals surface area contributed by atoms with Crippen molar-refractivity contribution in [3.8, 4) is 5.75 Å². The third kappa shape index (κ3) is 3.21. The molecule has 1 aromatic rings. The molecule has 0 aliphatic carbocycles. The summed E-state index contributed by atoms with van der Waals surface area (Å²) in [6, 6.07) is 8.71. The van der Waals surface area contributed by atoms with Gasteiger partial charge in [0, 0.05) is 18.6 Å². The fourth-order valence-corrected chi connectivity index (χ4v) is 3.62. The van der Waals surface area contributed by atoms with Gasteiger partial charge in [0.05, 0.1) is 13.5 Å². The van der Waals surface area contributed by atoms with Gasteiger partial charge in [-0.1, -0.05) is 12.1 Å². The second kappa shape index (κ2) is 6.48. The van der Waals surface area contributed by atoms with Gasteiger partial charge in [0.2, 0.25) is 5.91 Å². The summed E-state index contributed by atoms with van der Waals surface area (Å²) in [5.41, 5.74) is 1.03. The van der Waals surface area contributed by atoms with Crippen LogP contribution in [0.2, 0.25) is 0 Å². The average molecular weight is 288 g/mol. The fourth-order valence-electron chi connectivity index (χ4n) is 3.62. The normalized spacial score (nSPS) is 25.3. The third-order valence-electron chi connectivity index (χ3n) is 4.67. The lowest BCUT2D eigenvalue weighted by Crippen LogP contribution is -2.47. The Bertz CT molecular complexity index is 497. The molecule has 2 heterocycles. The van der Waals surface area contributed by atoms with Crippen LogP contribution in [0.1, 0.15) is 31.2 Å². The van der Waals surface area contributed by atoms with Gasteiger partial charge in [0.1, 0.15) is 5.75 Å². The molecule has 1 amide bonds. The van der Waals surface area contributed by atoms with Gasteiger partial charge in [-0.05, 0) is 49.9 Å². The van der Waals surface area contributed by atoms with Crippen LogP contribution in [0.3, 0.4) is 0 Å². The predicted octanol–water partition coefficient (Wildman–Crippen LogP) is 1.98. The lowest BCUT2D eigenvalue weighted by Gasteiger charge is -2.29. The first kappa shape index (κ1) is 14.4. The van der Waals surface area contributed by atoms with E-state index in [0.29, 0.717) is 18.5 Å². The molecule has 2 saturated heterocycles. The summed E-state index contributed by atoms with van der Waals surface area (Å²) in [5.74, 6) is 1.06. The average Bonchev–Trinajstić information content (AvgIpc) is 3.18. The summed E-state index contributed by atoms with van der Waals surface area (Å²) < 4.78 is 5.23. The van der Waals surface area contributed by atoms with Crippen LogP contribution in [0.25, 0.3) is 0 Å². The Hall–Kier alpha value is -1.55. The van der Waals surface area contributed by atoms with Crippen molar-refractivity contribution in [3.63, 3.8) is 0 Å². The molecule has 0 saturated carbocycles. The summed E-state index contributed by atoms with van der Waals surface area (Å²) in [6.07, 6.45) is 5.18. The highest BCUT2D eigenvalue weighted by Crippen LogP contribution is 2.26. The molecular formula is C17H24N2O2. The van der Waals surface area contributed by atoms with E-state index in [4.69, 9.17) is 4.74 Å². The molecule has 2 aliphatic heterocycles. The fraction of sp³-hybridized carbons (Fsp3) is 0.588. The molecule has 2 atom stereocenters. The van der Waals surface area contributed by atoms with Crippen molar-refractivity contribution in [2.75, 3.05) is 20.2 Å². The monoisotopic (exact) mass is 288 g/mol. The lowest BCUT2D eigenvalue weighted by molar-refractivity contribution is -0.131. The van der Waals surface area contributed by atoms with Crippen LogP contribution in [0.15, 0.2) is 24.3 Å². The number of amides is 1. The molecule has 0 bridgehead atoms. The largest absolute Gasteiger partial charge is 0.497 e. The van der Waals surface area contributed by atoms with Gasteiger partial charge >= 0.3 is 0 Å². The Morgan fingerprint density at radius 2 is 2.29 bits per heavy atom. The summed E-state index contributed by atoms with van der Waals surface area (Å²) in [6.45, 7) is 2.00. The number of methoxy groups -OCH3 is 1. The van der Waals surface area contributed by atoms with Crippen molar-refractivity contribution >= 4 is 5.91 Å². The molecule has 1 aromatic carbocycles. The highest BCUT2D eigenvalue weighted by molar-refractivity contribution is 5.79. The van der Waals surface area contributed by atoms with Gasteiger partial charge in [0.25, 0.3) is 0 Å². The van der Waals surface area contributed by atoms with E-state index in [0.717, 1.165) is 37.2 Å². The zero-order valence-corrected chi connectivity index (χ0v) is 12.7. The van der Waals surface area contributed by atoms with Gasteiger partial charge in [0.15, 0.2) is 0 Å². The maximum Gasteiger partial charge on any atom is 0.227 e. The molecule has 0 aromatic heterocycles. The van der Waals surface area contributed by atoms with E-state index in [1.165, 1.54) is 12.8 Å². The van der Waals surface area contributed by atoms with Gasteiger partial charge in [-0.3, -0.25) is 4.79 Å². The van der Waals surface area contributed by atoms with Gasteiger partial charge in [-0.15, -0.1) is 0 Å². The number of nitrogens with zero attached hydrogens (tertiary/aromatic N) is 1. The molecule has 2 fully saturated rings. The van der Waals surface area contributed by atoms with Crippen molar-refractivity contribution < 1.29 is 9.53 Å². The van der Waals surface area contributed by atoms with E-state index in [9.17, 15) is 4.79 Å². The number of nitrogens with one attached hydrogen (secondary N) is 1. The number of hydrogen-bond donors (Lipinski definition) is 1. The van der Waals surface area contributed by atoms with Crippen LogP contribution < -0.4 is 10.1 Å². The highest BCUT2D eigenvalue weighted by Gasteiger charge is 2.35. The number of hydrogen-bond acceptors (Lipinski definition) is 3. The van der Waals surface area contributed by atoms with E-state index in [2.05, 4.69) is 10.2 Å². The first-order valence-electron chi connectivity index (χ1n) is 7.94. The van der Waals surface area contributed by atoms with E-state index in [-0.39, 0.29) is 5.91 Å². The Kier molecular flexibility index (Phi) is 4.44. The summed E-state index contributed by atoms with van der Waals surface area (Å²) in [5, 5.41) is 3.55. The Labute approximate surface area is 126 Å². The highest BCUT2D eigenvalue weighted by atomic mass is 16.5. The minimum atomic E-state index is 0.249. The van der Waals surface area contributed by atoms with Crippen molar-refractivity contribution in [1.29, 1.82) is 0 Å². The van der Waals surface area contributed by atoms with Crippen LogP contribution in [-0.4, -0.2) is 43.1 Å². The topological polar surface area (TPSA) is 41.6 Å². The van der Waals surface area contributed by atoms with Crippen LogP contribution >= 0.6 is 0 Å². The van der Waals surface area contributed by atoms with Gasteiger partial charge in [-0.2, -0.15) is 0 Å². The van der Waals surface area contributed by atoms with Crippen LogP contribution in [0, 0.1) is 0 Å². The molecule has 0 radical (unpaired) electrons. The molecule has 0 spiro atoms. The Morgan fingerprint density at radius 3 is 3.05 bits per heavy atom. The smallest absolute Gasteiger partial charge is 0.227 e. The molecule has 4 heteroatoms.